The first-order chi connectivity index (χ1) is 12.6. The third-order valence-corrected chi connectivity index (χ3v) is 5.15. The number of rotatable bonds is 5. The van der Waals surface area contributed by atoms with E-state index in [4.69, 9.17) is 14.0 Å². The van der Waals surface area contributed by atoms with Crippen molar-refractivity contribution in [2.24, 2.45) is 5.92 Å². The van der Waals surface area contributed by atoms with Crippen LogP contribution in [0.2, 0.25) is 0 Å². The fraction of sp³-hybridized carbons (Fsp3) is 0.500. The van der Waals surface area contributed by atoms with Crippen LogP contribution in [-0.4, -0.2) is 52.9 Å². The zero-order valence-electron chi connectivity index (χ0n) is 14.5. The van der Waals surface area contributed by atoms with Crippen LogP contribution >= 0.6 is 0 Å². The summed E-state index contributed by atoms with van der Waals surface area (Å²) in [5, 5.41) is 3.71. The molecule has 1 amide bonds. The van der Waals surface area contributed by atoms with E-state index in [1.807, 2.05) is 6.92 Å². The Morgan fingerprint density at radius 3 is 3.12 bits per heavy atom. The molecular formula is C18H20FN3O4. The first-order valence-corrected chi connectivity index (χ1v) is 8.73. The molecule has 0 saturated carbocycles. The van der Waals surface area contributed by atoms with Crippen molar-refractivity contribution in [2.75, 3.05) is 26.3 Å². The minimum Gasteiger partial charge on any atom is -0.475 e. The summed E-state index contributed by atoms with van der Waals surface area (Å²) in [5.74, 6) is 0.0961. The summed E-state index contributed by atoms with van der Waals surface area (Å²) < 4.78 is 30.3. The van der Waals surface area contributed by atoms with E-state index in [2.05, 4.69) is 10.1 Å². The predicted molar refractivity (Wildman–Crippen MR) is 88.3 cm³/mol. The smallest absolute Gasteiger partial charge is 0.259 e. The van der Waals surface area contributed by atoms with Gasteiger partial charge in [-0.3, -0.25) is 4.79 Å². The van der Waals surface area contributed by atoms with Crippen molar-refractivity contribution in [2.45, 2.75) is 25.4 Å². The van der Waals surface area contributed by atoms with E-state index in [0.29, 0.717) is 44.0 Å². The Morgan fingerprint density at radius 2 is 2.35 bits per heavy atom. The summed E-state index contributed by atoms with van der Waals surface area (Å²) in [6.45, 7) is 3.80. The van der Waals surface area contributed by atoms with Gasteiger partial charge in [-0.05, 0) is 18.6 Å². The number of aromatic nitrogens is 2. The highest BCUT2D eigenvalue weighted by Gasteiger charge is 2.55. The molecule has 2 aliphatic rings. The molecule has 2 aromatic rings. The second-order valence-corrected chi connectivity index (χ2v) is 6.68. The van der Waals surface area contributed by atoms with Crippen LogP contribution < -0.4 is 4.74 Å². The van der Waals surface area contributed by atoms with Crippen LogP contribution in [0, 0.1) is 11.7 Å². The lowest BCUT2D eigenvalue weighted by Gasteiger charge is -2.49. The minimum atomic E-state index is -0.481. The van der Waals surface area contributed by atoms with Crippen LogP contribution in [0.4, 0.5) is 4.39 Å². The fourth-order valence-electron chi connectivity index (χ4n) is 3.63. The number of nitrogens with zero attached hydrogens (tertiary/aromatic N) is 3. The van der Waals surface area contributed by atoms with Gasteiger partial charge < -0.3 is 18.9 Å². The van der Waals surface area contributed by atoms with Crippen molar-refractivity contribution in [1.29, 1.82) is 0 Å². The van der Waals surface area contributed by atoms with Crippen molar-refractivity contribution in [3.8, 4) is 5.88 Å². The molecule has 2 aromatic heterocycles. The lowest BCUT2D eigenvalue weighted by molar-refractivity contribution is -0.122. The quantitative estimate of drug-likeness (QED) is 0.811. The van der Waals surface area contributed by atoms with Crippen molar-refractivity contribution in [1.82, 2.24) is 15.0 Å². The molecule has 138 valence electrons. The molecule has 8 heteroatoms. The van der Waals surface area contributed by atoms with Crippen LogP contribution in [0.3, 0.4) is 0 Å². The molecule has 2 aliphatic heterocycles. The van der Waals surface area contributed by atoms with Gasteiger partial charge in [0.15, 0.2) is 5.82 Å². The number of hydrogen-bond acceptors (Lipinski definition) is 6. The van der Waals surface area contributed by atoms with Crippen LogP contribution in [-0.2, 0) is 11.2 Å². The first-order valence-electron chi connectivity index (χ1n) is 8.73. The molecule has 26 heavy (non-hydrogen) atoms. The van der Waals surface area contributed by atoms with Gasteiger partial charge in [-0.25, -0.2) is 9.37 Å². The summed E-state index contributed by atoms with van der Waals surface area (Å²) >= 11 is 0. The number of halogens is 1. The third kappa shape index (κ3) is 2.84. The van der Waals surface area contributed by atoms with Crippen molar-refractivity contribution < 1.29 is 23.2 Å². The van der Waals surface area contributed by atoms with Gasteiger partial charge in [0.2, 0.25) is 5.88 Å². The molecule has 0 bridgehead atoms. The van der Waals surface area contributed by atoms with Gasteiger partial charge >= 0.3 is 0 Å². The highest BCUT2D eigenvalue weighted by Crippen LogP contribution is 2.41. The van der Waals surface area contributed by atoms with Crippen molar-refractivity contribution >= 4 is 5.91 Å². The summed E-state index contributed by atoms with van der Waals surface area (Å²) in [4.78, 5) is 18.3. The van der Waals surface area contributed by atoms with Gasteiger partial charge in [0.05, 0.1) is 25.9 Å². The van der Waals surface area contributed by atoms with E-state index in [9.17, 15) is 9.18 Å². The Kier molecular flexibility index (Phi) is 4.36. The van der Waals surface area contributed by atoms with Crippen LogP contribution in [0.5, 0.6) is 5.88 Å². The molecule has 0 radical (unpaired) electrons. The van der Waals surface area contributed by atoms with Crippen LogP contribution in [0.1, 0.15) is 29.5 Å². The maximum absolute atomic E-state index is 13.7. The fourth-order valence-corrected chi connectivity index (χ4v) is 3.63. The third-order valence-electron chi connectivity index (χ3n) is 5.15. The number of pyridine rings is 1. The highest BCUT2D eigenvalue weighted by molar-refractivity contribution is 5.95. The number of aryl methyl sites for hydroxylation is 1. The highest BCUT2D eigenvalue weighted by atomic mass is 19.1. The summed E-state index contributed by atoms with van der Waals surface area (Å²) in [6, 6.07) is 2.84. The summed E-state index contributed by atoms with van der Waals surface area (Å²) in [6.07, 6.45) is 4.38. The molecule has 0 unspecified atom stereocenters. The SMILES string of the molecule is CCc1oncc1C(=O)N1CC2(C1)OCC[C@H]2COc1ncccc1F. The Hall–Kier alpha value is -2.48. The molecule has 2 fully saturated rings. The largest absolute Gasteiger partial charge is 0.475 e. The van der Waals surface area contributed by atoms with E-state index in [1.54, 1.807) is 4.90 Å². The van der Waals surface area contributed by atoms with Crippen LogP contribution in [0.25, 0.3) is 0 Å². The van der Waals surface area contributed by atoms with Gasteiger partial charge in [-0.1, -0.05) is 12.1 Å². The lowest BCUT2D eigenvalue weighted by Crippen LogP contribution is -2.66. The second kappa shape index (κ2) is 6.68. The number of amides is 1. The average molecular weight is 361 g/mol. The molecular weight excluding hydrogens is 341 g/mol. The van der Waals surface area contributed by atoms with E-state index >= 15 is 0 Å². The van der Waals surface area contributed by atoms with Gasteiger partial charge in [0.25, 0.3) is 5.91 Å². The average Bonchev–Trinajstić information content (AvgIpc) is 3.25. The first kappa shape index (κ1) is 17.0. The van der Waals surface area contributed by atoms with E-state index in [0.717, 1.165) is 6.42 Å². The minimum absolute atomic E-state index is 0.00105. The van der Waals surface area contributed by atoms with E-state index in [-0.39, 0.29) is 17.7 Å². The van der Waals surface area contributed by atoms with Crippen molar-refractivity contribution in [3.05, 3.63) is 41.7 Å². The van der Waals surface area contributed by atoms with Gasteiger partial charge in [-0.15, -0.1) is 0 Å². The molecule has 1 atom stereocenters. The summed E-state index contributed by atoms with van der Waals surface area (Å²) in [5.41, 5.74) is 0.0773. The Labute approximate surface area is 150 Å². The number of ether oxygens (including phenoxy) is 2. The van der Waals surface area contributed by atoms with E-state index < -0.39 is 11.4 Å². The Balaban J connectivity index is 1.39. The topological polar surface area (TPSA) is 77.7 Å². The maximum Gasteiger partial charge on any atom is 0.259 e. The standard InChI is InChI=1S/C18H20FN3O4/c1-2-15-13(8-21-26-15)17(23)22-10-18(11-22)12(5-7-25-18)9-24-16-14(19)4-3-6-20-16/h3-4,6,8,12H,2,5,7,9-11H2,1H3/t12-/m0/s1. The molecule has 0 aliphatic carbocycles. The maximum atomic E-state index is 13.7. The second-order valence-electron chi connectivity index (χ2n) is 6.68. The molecule has 2 saturated heterocycles. The molecule has 0 N–H and O–H groups in total. The summed E-state index contributed by atoms with van der Waals surface area (Å²) in [7, 11) is 0. The zero-order chi connectivity index (χ0) is 18.1. The molecule has 7 nitrogen and oxygen atoms in total. The van der Waals surface area contributed by atoms with Gasteiger partial charge in [0, 0.05) is 25.1 Å². The number of likely N-dealkylation sites (tertiary alicyclic amines) is 1. The molecule has 4 heterocycles. The molecule has 0 aromatic carbocycles. The van der Waals surface area contributed by atoms with Gasteiger partial charge in [-0.2, -0.15) is 0 Å². The monoisotopic (exact) mass is 361 g/mol. The predicted octanol–water partition coefficient (Wildman–Crippen LogP) is 2.08. The zero-order valence-corrected chi connectivity index (χ0v) is 14.5. The van der Waals surface area contributed by atoms with Gasteiger partial charge in [0.1, 0.15) is 16.9 Å². The van der Waals surface area contributed by atoms with Crippen molar-refractivity contribution in [3.63, 3.8) is 0 Å². The van der Waals surface area contributed by atoms with E-state index in [1.165, 1.54) is 24.5 Å². The lowest BCUT2D eigenvalue weighted by atomic mass is 9.81. The number of carbonyl (C=O) groups excluding carboxylic acids is 1. The van der Waals surface area contributed by atoms with Crippen LogP contribution in [0.15, 0.2) is 29.0 Å². The molecule has 1 spiro atoms. The Morgan fingerprint density at radius 1 is 1.50 bits per heavy atom. The normalized spacial score (nSPS) is 21.0. The molecule has 4 rings (SSSR count). The number of hydrogen-bond donors (Lipinski definition) is 0. The number of carbonyl (C=O) groups is 1. The Bertz CT molecular complexity index is 803.